The summed E-state index contributed by atoms with van der Waals surface area (Å²) in [5.74, 6) is 1.27. The van der Waals surface area contributed by atoms with Gasteiger partial charge in [-0.2, -0.15) is 0 Å². The van der Waals surface area contributed by atoms with Crippen molar-refractivity contribution in [3.63, 3.8) is 0 Å². The molecule has 0 unspecified atom stereocenters. The Hall–Kier alpha value is -2.11. The van der Waals surface area contributed by atoms with Crippen LogP contribution in [0.25, 0.3) is 0 Å². The molecule has 2 N–H and O–H groups in total. The van der Waals surface area contributed by atoms with E-state index in [0.717, 1.165) is 38.4 Å². The third-order valence-corrected chi connectivity index (χ3v) is 4.60. The van der Waals surface area contributed by atoms with E-state index in [1.165, 1.54) is 6.07 Å². The van der Waals surface area contributed by atoms with Crippen LogP contribution in [0.1, 0.15) is 31.7 Å². The van der Waals surface area contributed by atoms with E-state index >= 15 is 0 Å². The molecule has 1 aliphatic rings. The van der Waals surface area contributed by atoms with Gasteiger partial charge in [0.15, 0.2) is 5.96 Å². The number of carbonyl (C=O) groups excluding carboxylic acids is 1. The third kappa shape index (κ3) is 6.03. The van der Waals surface area contributed by atoms with E-state index < -0.39 is 0 Å². The van der Waals surface area contributed by atoms with Gasteiger partial charge in [-0.25, -0.2) is 4.39 Å². The third-order valence-electron chi connectivity index (χ3n) is 4.60. The Morgan fingerprint density at radius 1 is 1.32 bits per heavy atom. The van der Waals surface area contributed by atoms with Crippen LogP contribution < -0.4 is 10.6 Å². The molecule has 1 amide bonds. The molecule has 6 heteroatoms. The van der Waals surface area contributed by atoms with Gasteiger partial charge in [-0.15, -0.1) is 0 Å². The lowest BCUT2D eigenvalue weighted by Gasteiger charge is -2.34. The van der Waals surface area contributed by atoms with Gasteiger partial charge in [-0.05, 0) is 43.7 Å². The lowest BCUT2D eigenvalue weighted by Crippen LogP contribution is -2.46. The topological polar surface area (TPSA) is 56.7 Å². The van der Waals surface area contributed by atoms with Crippen LogP contribution >= 0.6 is 0 Å². The minimum absolute atomic E-state index is 0.115. The van der Waals surface area contributed by atoms with Crippen molar-refractivity contribution in [1.82, 2.24) is 15.5 Å². The number of nitrogens with zero attached hydrogens (tertiary/aromatic N) is 2. The molecule has 0 bridgehead atoms. The Kier molecular flexibility index (Phi) is 7.70. The van der Waals surface area contributed by atoms with E-state index in [1.807, 2.05) is 19.1 Å². The molecule has 25 heavy (non-hydrogen) atoms. The molecule has 1 aromatic rings. The molecule has 0 spiro atoms. The highest BCUT2D eigenvalue weighted by molar-refractivity contribution is 5.80. The number of amides is 1. The number of benzene rings is 1. The maximum Gasteiger partial charge on any atom is 0.220 e. The molecular weight excluding hydrogens is 319 g/mol. The average molecular weight is 348 g/mol. The van der Waals surface area contributed by atoms with Crippen LogP contribution in [0.2, 0.25) is 0 Å². The van der Waals surface area contributed by atoms with E-state index in [0.29, 0.717) is 30.9 Å². The molecule has 1 fully saturated rings. The van der Waals surface area contributed by atoms with E-state index in [-0.39, 0.29) is 11.7 Å². The first-order chi connectivity index (χ1) is 12.1. The Labute approximate surface area is 149 Å². The second-order valence-corrected chi connectivity index (χ2v) is 6.38. The molecule has 0 radical (unpaired) electrons. The summed E-state index contributed by atoms with van der Waals surface area (Å²) in [6.07, 6.45) is 3.18. The lowest BCUT2D eigenvalue weighted by molar-refractivity contribution is -0.121. The van der Waals surface area contributed by atoms with Gasteiger partial charge in [0.2, 0.25) is 5.91 Å². The second kappa shape index (κ2) is 10.0. The van der Waals surface area contributed by atoms with Crippen LogP contribution in [0.5, 0.6) is 0 Å². The van der Waals surface area contributed by atoms with Gasteiger partial charge >= 0.3 is 0 Å². The van der Waals surface area contributed by atoms with Gasteiger partial charge in [0.25, 0.3) is 0 Å². The lowest BCUT2D eigenvalue weighted by atomic mass is 9.93. The van der Waals surface area contributed by atoms with E-state index in [9.17, 15) is 9.18 Å². The largest absolute Gasteiger partial charge is 0.359 e. The molecule has 0 aromatic heterocycles. The first-order valence-electron chi connectivity index (χ1n) is 9.11. The van der Waals surface area contributed by atoms with E-state index in [4.69, 9.17) is 0 Å². The van der Waals surface area contributed by atoms with Crippen LogP contribution in [0, 0.1) is 11.7 Å². The summed E-state index contributed by atoms with van der Waals surface area (Å²) in [6.45, 7) is 5.20. The summed E-state index contributed by atoms with van der Waals surface area (Å²) in [4.78, 5) is 18.4. The summed E-state index contributed by atoms with van der Waals surface area (Å²) >= 11 is 0. The summed E-state index contributed by atoms with van der Waals surface area (Å²) in [5, 5.41) is 6.02. The number of likely N-dealkylation sites (tertiary alicyclic amines) is 1. The standard InChI is InChI=1S/C19H29FN4O/c1-3-22-19(23-11-8-16-6-4-5-7-17(16)20)24-12-9-15(10-13-24)14-18(25)21-2/h4-7,15H,3,8-14H2,1-2H3,(H,21,25)(H,22,23). The minimum atomic E-state index is -0.169. The van der Waals surface area contributed by atoms with Crippen molar-refractivity contribution in [3.05, 3.63) is 35.6 Å². The van der Waals surface area contributed by atoms with Crippen LogP contribution in [0.15, 0.2) is 29.3 Å². The van der Waals surface area contributed by atoms with Crippen molar-refractivity contribution >= 4 is 11.9 Å². The monoisotopic (exact) mass is 348 g/mol. The molecule has 0 aliphatic carbocycles. The number of nitrogens with one attached hydrogen (secondary N) is 2. The first kappa shape index (κ1) is 19.2. The van der Waals surface area contributed by atoms with Crippen LogP contribution in [-0.2, 0) is 11.2 Å². The fourth-order valence-corrected chi connectivity index (χ4v) is 3.12. The second-order valence-electron chi connectivity index (χ2n) is 6.38. The fraction of sp³-hybridized carbons (Fsp3) is 0.579. The number of halogens is 1. The number of rotatable bonds is 6. The first-order valence-corrected chi connectivity index (χ1v) is 9.11. The summed E-state index contributed by atoms with van der Waals surface area (Å²) in [6, 6.07) is 6.85. The van der Waals surface area contributed by atoms with Gasteiger partial charge in [0.05, 0.1) is 0 Å². The Morgan fingerprint density at radius 2 is 2.04 bits per heavy atom. The predicted molar refractivity (Wildman–Crippen MR) is 99.1 cm³/mol. The predicted octanol–water partition coefficient (Wildman–Crippen LogP) is 2.18. The van der Waals surface area contributed by atoms with Gasteiger partial charge in [0, 0.05) is 39.6 Å². The highest BCUT2D eigenvalue weighted by Crippen LogP contribution is 2.20. The molecule has 1 aromatic carbocycles. The van der Waals surface area contributed by atoms with Crippen molar-refractivity contribution in [1.29, 1.82) is 0 Å². The minimum Gasteiger partial charge on any atom is -0.359 e. The van der Waals surface area contributed by atoms with Crippen LogP contribution in [0.3, 0.4) is 0 Å². The van der Waals surface area contributed by atoms with Crippen molar-refractivity contribution in [2.24, 2.45) is 10.9 Å². The Balaban J connectivity index is 1.87. The fourth-order valence-electron chi connectivity index (χ4n) is 3.12. The average Bonchev–Trinajstić information content (AvgIpc) is 2.63. The molecule has 0 atom stereocenters. The zero-order valence-electron chi connectivity index (χ0n) is 15.2. The summed E-state index contributed by atoms with van der Waals surface area (Å²) in [5.41, 5.74) is 0.700. The molecule has 2 rings (SSSR count). The zero-order valence-corrected chi connectivity index (χ0v) is 15.2. The smallest absolute Gasteiger partial charge is 0.220 e. The van der Waals surface area contributed by atoms with Gasteiger partial charge in [-0.1, -0.05) is 18.2 Å². The number of carbonyl (C=O) groups is 1. The number of guanidine groups is 1. The summed E-state index contributed by atoms with van der Waals surface area (Å²) < 4.78 is 13.7. The van der Waals surface area contributed by atoms with Gasteiger partial charge in [-0.3, -0.25) is 9.79 Å². The maximum absolute atomic E-state index is 13.7. The van der Waals surface area contributed by atoms with Crippen molar-refractivity contribution in [3.8, 4) is 0 Å². The molecule has 138 valence electrons. The van der Waals surface area contributed by atoms with E-state index in [1.54, 1.807) is 13.1 Å². The number of hydrogen-bond acceptors (Lipinski definition) is 2. The SMILES string of the molecule is CCNC(=NCCc1ccccc1F)N1CCC(CC(=O)NC)CC1. The summed E-state index contributed by atoms with van der Waals surface area (Å²) in [7, 11) is 1.68. The zero-order chi connectivity index (χ0) is 18.1. The number of hydrogen-bond donors (Lipinski definition) is 2. The Morgan fingerprint density at radius 3 is 2.68 bits per heavy atom. The highest BCUT2D eigenvalue weighted by Gasteiger charge is 2.22. The maximum atomic E-state index is 13.7. The number of piperidine rings is 1. The molecule has 5 nitrogen and oxygen atoms in total. The van der Waals surface area contributed by atoms with Crippen molar-refractivity contribution in [2.45, 2.75) is 32.6 Å². The van der Waals surface area contributed by atoms with Gasteiger partial charge < -0.3 is 15.5 Å². The molecule has 1 saturated heterocycles. The van der Waals surface area contributed by atoms with E-state index in [2.05, 4.69) is 20.5 Å². The Bertz CT molecular complexity index is 583. The van der Waals surface area contributed by atoms with Crippen LogP contribution in [0.4, 0.5) is 4.39 Å². The van der Waals surface area contributed by atoms with Crippen molar-refractivity contribution in [2.75, 3.05) is 33.2 Å². The molecule has 0 saturated carbocycles. The van der Waals surface area contributed by atoms with Crippen molar-refractivity contribution < 1.29 is 9.18 Å². The molecule has 1 heterocycles. The molecular formula is C19H29FN4O. The normalized spacial score (nSPS) is 16.0. The van der Waals surface area contributed by atoms with Crippen LogP contribution in [-0.4, -0.2) is 50.0 Å². The highest BCUT2D eigenvalue weighted by atomic mass is 19.1. The number of aliphatic imine (C=N–C) groups is 1. The quantitative estimate of drug-likeness (QED) is 0.612. The molecule has 1 aliphatic heterocycles. The van der Waals surface area contributed by atoms with Gasteiger partial charge in [0.1, 0.15) is 5.82 Å².